The molecule has 3 aromatic heterocycles. The Labute approximate surface area is 126 Å². The quantitative estimate of drug-likeness (QED) is 0.787. The molecule has 0 fully saturated rings. The molecule has 3 rings (SSSR count). The molecule has 0 saturated heterocycles. The van der Waals surface area contributed by atoms with E-state index in [1.807, 2.05) is 0 Å². The highest BCUT2D eigenvalue weighted by atomic mass is 32.1. The number of aryl methyl sites for hydroxylation is 1. The summed E-state index contributed by atoms with van der Waals surface area (Å²) in [6.07, 6.45) is 0. The smallest absolute Gasteiger partial charge is 0.349 e. The third kappa shape index (κ3) is 2.65. The van der Waals surface area contributed by atoms with Gasteiger partial charge in [-0.2, -0.15) is 9.61 Å². The first kappa shape index (κ1) is 13.7. The van der Waals surface area contributed by atoms with Gasteiger partial charge in [-0.25, -0.2) is 9.78 Å². The van der Waals surface area contributed by atoms with Gasteiger partial charge in [0.2, 0.25) is 4.96 Å². The number of ether oxygens (including phenoxy) is 1. The number of thiophene rings is 1. The number of carboxylic acid groups (broad SMARTS) is 1. The monoisotopic (exact) mass is 323 g/mol. The zero-order chi connectivity index (χ0) is 15.0. The summed E-state index contributed by atoms with van der Waals surface area (Å²) < 4.78 is 6.69. The van der Waals surface area contributed by atoms with E-state index in [0.717, 1.165) is 16.2 Å². The highest BCUT2D eigenvalue weighted by Gasteiger charge is 2.16. The summed E-state index contributed by atoms with van der Waals surface area (Å²) in [4.78, 5) is 28.6. The van der Waals surface area contributed by atoms with E-state index in [1.54, 1.807) is 13.0 Å². The lowest BCUT2D eigenvalue weighted by atomic mass is 10.4. The van der Waals surface area contributed by atoms with Crippen molar-refractivity contribution in [2.24, 2.45) is 0 Å². The molecule has 0 radical (unpaired) electrons. The van der Waals surface area contributed by atoms with Crippen LogP contribution in [0.4, 0.5) is 0 Å². The van der Waals surface area contributed by atoms with Crippen molar-refractivity contribution in [2.75, 3.05) is 0 Å². The normalized spacial score (nSPS) is 10.9. The summed E-state index contributed by atoms with van der Waals surface area (Å²) in [5.41, 5.74) is 1.67. The van der Waals surface area contributed by atoms with Crippen LogP contribution in [0.15, 0.2) is 22.4 Å². The molecule has 0 aliphatic heterocycles. The molecule has 108 valence electrons. The van der Waals surface area contributed by atoms with E-state index in [1.165, 1.54) is 27.4 Å². The topological polar surface area (TPSA) is 93.8 Å². The maximum absolute atomic E-state index is 11.8. The van der Waals surface area contributed by atoms with E-state index in [4.69, 9.17) is 9.84 Å². The number of carboxylic acids is 1. The second-order valence-corrected chi connectivity index (χ2v) is 6.23. The standard InChI is InChI=1S/C12H9N3O4S2/c1-6-2-8(10(21-6)11(17)18)19-4-7-3-9(16)15-12(14-7)20-5-13-15/h2-3,5H,4H2,1H3,(H,17,18). The minimum Gasteiger partial charge on any atom is -0.485 e. The van der Waals surface area contributed by atoms with Gasteiger partial charge in [-0.3, -0.25) is 4.79 Å². The molecule has 0 aliphatic rings. The lowest BCUT2D eigenvalue weighted by molar-refractivity contribution is 0.0697. The summed E-state index contributed by atoms with van der Waals surface area (Å²) in [5.74, 6) is -0.745. The first-order valence-corrected chi connectivity index (χ1v) is 7.53. The van der Waals surface area contributed by atoms with Gasteiger partial charge < -0.3 is 9.84 Å². The van der Waals surface area contributed by atoms with Crippen molar-refractivity contribution in [3.05, 3.63) is 43.4 Å². The summed E-state index contributed by atoms with van der Waals surface area (Å²) in [5, 5.41) is 13.0. The average Bonchev–Trinajstić information content (AvgIpc) is 3.02. The van der Waals surface area contributed by atoms with Crippen molar-refractivity contribution in [1.29, 1.82) is 0 Å². The first-order valence-electron chi connectivity index (χ1n) is 5.83. The van der Waals surface area contributed by atoms with Crippen molar-refractivity contribution in [1.82, 2.24) is 14.6 Å². The molecule has 9 heteroatoms. The number of hydrogen-bond donors (Lipinski definition) is 1. The summed E-state index contributed by atoms with van der Waals surface area (Å²) in [7, 11) is 0. The molecule has 21 heavy (non-hydrogen) atoms. The van der Waals surface area contributed by atoms with E-state index < -0.39 is 5.97 Å². The molecule has 0 atom stereocenters. The van der Waals surface area contributed by atoms with Crippen molar-refractivity contribution in [3.63, 3.8) is 0 Å². The van der Waals surface area contributed by atoms with Crippen LogP contribution in [0.25, 0.3) is 4.96 Å². The maximum Gasteiger partial charge on any atom is 0.349 e. The number of rotatable bonds is 4. The van der Waals surface area contributed by atoms with Gasteiger partial charge in [0.15, 0.2) is 4.88 Å². The largest absolute Gasteiger partial charge is 0.485 e. The number of aromatic nitrogens is 3. The summed E-state index contributed by atoms with van der Waals surface area (Å²) in [6.45, 7) is 1.83. The van der Waals surface area contributed by atoms with Gasteiger partial charge in [-0.05, 0) is 13.0 Å². The molecule has 0 saturated carbocycles. The molecule has 0 amide bonds. The van der Waals surface area contributed by atoms with E-state index in [0.29, 0.717) is 10.7 Å². The Kier molecular flexibility index (Phi) is 3.43. The van der Waals surface area contributed by atoms with Crippen molar-refractivity contribution >= 4 is 33.6 Å². The van der Waals surface area contributed by atoms with Crippen LogP contribution >= 0.6 is 22.7 Å². The third-order valence-corrected chi connectivity index (χ3v) is 4.33. The summed E-state index contributed by atoms with van der Waals surface area (Å²) in [6, 6.07) is 2.98. The molecule has 7 nitrogen and oxygen atoms in total. The molecule has 0 unspecified atom stereocenters. The average molecular weight is 323 g/mol. The predicted molar refractivity (Wildman–Crippen MR) is 77.5 cm³/mol. The summed E-state index contributed by atoms with van der Waals surface area (Å²) >= 11 is 2.39. The van der Waals surface area contributed by atoms with E-state index in [2.05, 4.69) is 10.1 Å². The first-order chi connectivity index (χ1) is 10.0. The lowest BCUT2D eigenvalue weighted by Gasteiger charge is -2.04. The Morgan fingerprint density at radius 3 is 3.05 bits per heavy atom. The molecule has 1 N–H and O–H groups in total. The Morgan fingerprint density at radius 1 is 1.48 bits per heavy atom. The molecule has 0 aliphatic carbocycles. The molecule has 0 aromatic carbocycles. The Morgan fingerprint density at radius 2 is 2.29 bits per heavy atom. The van der Waals surface area contributed by atoms with Crippen LogP contribution in [0, 0.1) is 6.92 Å². The van der Waals surface area contributed by atoms with E-state index in [-0.39, 0.29) is 22.8 Å². The van der Waals surface area contributed by atoms with Crippen LogP contribution in [0.1, 0.15) is 20.2 Å². The van der Waals surface area contributed by atoms with Crippen LogP contribution in [0.2, 0.25) is 0 Å². The van der Waals surface area contributed by atoms with Crippen molar-refractivity contribution < 1.29 is 14.6 Å². The minimum atomic E-state index is -1.03. The SMILES string of the molecule is Cc1cc(OCc2cc(=O)n3ncsc3n2)c(C(=O)O)s1. The molecule has 0 spiro atoms. The van der Waals surface area contributed by atoms with Gasteiger partial charge in [0.25, 0.3) is 5.56 Å². The number of nitrogens with zero attached hydrogens (tertiary/aromatic N) is 3. The fourth-order valence-electron chi connectivity index (χ4n) is 1.77. The van der Waals surface area contributed by atoms with E-state index in [9.17, 15) is 9.59 Å². The predicted octanol–water partition coefficient (Wildman–Crippen LogP) is 1.80. The number of hydrogen-bond acceptors (Lipinski definition) is 7. The van der Waals surface area contributed by atoms with Gasteiger partial charge in [-0.15, -0.1) is 11.3 Å². The fraction of sp³-hybridized carbons (Fsp3) is 0.167. The number of carbonyl (C=O) groups is 1. The van der Waals surface area contributed by atoms with Gasteiger partial charge in [0.1, 0.15) is 17.9 Å². The van der Waals surface area contributed by atoms with Crippen molar-refractivity contribution in [2.45, 2.75) is 13.5 Å². The highest BCUT2D eigenvalue weighted by Crippen LogP contribution is 2.29. The van der Waals surface area contributed by atoms with Crippen LogP contribution in [-0.4, -0.2) is 25.7 Å². The minimum absolute atomic E-state index is 0.0279. The van der Waals surface area contributed by atoms with Crippen LogP contribution < -0.4 is 10.3 Å². The molecular formula is C12H9N3O4S2. The van der Waals surface area contributed by atoms with E-state index >= 15 is 0 Å². The zero-order valence-electron chi connectivity index (χ0n) is 10.8. The zero-order valence-corrected chi connectivity index (χ0v) is 12.4. The fourth-order valence-corrected chi connectivity index (χ4v) is 3.21. The molecule has 0 bridgehead atoms. The Balaban J connectivity index is 1.86. The van der Waals surface area contributed by atoms with Gasteiger partial charge >= 0.3 is 5.97 Å². The maximum atomic E-state index is 11.8. The number of aromatic carboxylic acids is 1. The second kappa shape index (κ2) is 5.26. The van der Waals surface area contributed by atoms with Crippen LogP contribution in [-0.2, 0) is 6.61 Å². The van der Waals surface area contributed by atoms with Gasteiger partial charge in [0, 0.05) is 10.9 Å². The van der Waals surface area contributed by atoms with Crippen LogP contribution in [0.3, 0.4) is 0 Å². The van der Waals surface area contributed by atoms with Gasteiger partial charge in [-0.1, -0.05) is 11.3 Å². The molecular weight excluding hydrogens is 314 g/mol. The Hall–Kier alpha value is -2.26. The molecule has 3 aromatic rings. The lowest BCUT2D eigenvalue weighted by Crippen LogP contribution is -2.16. The third-order valence-electron chi connectivity index (χ3n) is 2.63. The Bertz CT molecular complexity index is 880. The number of fused-ring (bicyclic) bond motifs is 1. The molecule has 3 heterocycles. The van der Waals surface area contributed by atoms with Crippen molar-refractivity contribution in [3.8, 4) is 5.75 Å². The second-order valence-electron chi connectivity index (χ2n) is 4.16. The van der Waals surface area contributed by atoms with Crippen LogP contribution in [0.5, 0.6) is 5.75 Å². The van der Waals surface area contributed by atoms with Gasteiger partial charge in [0.05, 0.1) is 5.69 Å². The highest BCUT2D eigenvalue weighted by molar-refractivity contribution is 7.14.